The number of hydrogen-bond acceptors (Lipinski definition) is 4. The highest BCUT2D eigenvalue weighted by atomic mass is 35.5. The number of hydrogen-bond donors (Lipinski definition) is 1. The molecule has 2 heterocycles. The van der Waals surface area contributed by atoms with Crippen LogP contribution in [0.4, 0.5) is 5.69 Å². The van der Waals surface area contributed by atoms with E-state index in [1.54, 1.807) is 11.9 Å². The van der Waals surface area contributed by atoms with Crippen LogP contribution in [0.3, 0.4) is 0 Å². The number of aromatic nitrogens is 2. The number of halogens is 2. The maximum absolute atomic E-state index is 12.7. The maximum Gasteiger partial charge on any atom is 0.274 e. The molecule has 1 aliphatic heterocycles. The molecule has 1 aliphatic rings. The minimum Gasteiger partial charge on any atom is -0.396 e. The van der Waals surface area contributed by atoms with Gasteiger partial charge in [-0.15, -0.1) is 12.4 Å². The summed E-state index contributed by atoms with van der Waals surface area (Å²) in [5.74, 6) is -0.141. The van der Waals surface area contributed by atoms with Gasteiger partial charge in [0.05, 0.1) is 25.0 Å². The van der Waals surface area contributed by atoms with Gasteiger partial charge in [-0.3, -0.25) is 9.48 Å². The summed E-state index contributed by atoms with van der Waals surface area (Å²) in [5, 5.41) is 4.66. The summed E-state index contributed by atoms with van der Waals surface area (Å²) in [5.41, 5.74) is 7.51. The standard InChI is InChI=1S/C15H17ClN4O2.ClH/c1-19-14(12(17)8-18-19)15(21)20-6-7-22-13(9-20)10-4-2-3-5-11(10)16;/h2-5,8,13H,6-7,9,17H2,1H3;1H. The summed E-state index contributed by atoms with van der Waals surface area (Å²) < 4.78 is 7.27. The quantitative estimate of drug-likeness (QED) is 0.895. The number of nitrogens with two attached hydrogens (primary N) is 1. The Kier molecular flexibility index (Phi) is 5.51. The van der Waals surface area contributed by atoms with Crippen LogP contribution >= 0.6 is 24.0 Å². The molecule has 1 aromatic carbocycles. The highest BCUT2D eigenvalue weighted by Gasteiger charge is 2.29. The average Bonchev–Trinajstić information content (AvgIpc) is 2.86. The predicted molar refractivity (Wildman–Crippen MR) is 90.9 cm³/mol. The van der Waals surface area contributed by atoms with Gasteiger partial charge in [0.25, 0.3) is 5.91 Å². The molecule has 0 aliphatic carbocycles. The van der Waals surface area contributed by atoms with Crippen LogP contribution in [0.15, 0.2) is 30.5 Å². The molecular formula is C15H18Cl2N4O2. The van der Waals surface area contributed by atoms with E-state index < -0.39 is 0 Å². The molecular weight excluding hydrogens is 339 g/mol. The SMILES string of the molecule is Cl.Cn1ncc(N)c1C(=O)N1CCOC(c2ccccc2Cl)C1. The lowest BCUT2D eigenvalue weighted by Crippen LogP contribution is -2.43. The minimum atomic E-state index is -0.235. The minimum absolute atomic E-state index is 0. The number of nitrogen functional groups attached to an aromatic ring is 1. The van der Waals surface area contributed by atoms with Crippen molar-refractivity contribution < 1.29 is 9.53 Å². The fourth-order valence-corrected chi connectivity index (χ4v) is 2.88. The number of nitrogens with zero attached hydrogens (tertiary/aromatic N) is 3. The number of ether oxygens (including phenoxy) is 1. The van der Waals surface area contributed by atoms with E-state index in [0.29, 0.717) is 36.1 Å². The Morgan fingerprint density at radius 2 is 2.17 bits per heavy atom. The van der Waals surface area contributed by atoms with Crippen molar-refractivity contribution in [2.45, 2.75) is 6.10 Å². The van der Waals surface area contributed by atoms with Crippen molar-refractivity contribution in [2.75, 3.05) is 25.4 Å². The summed E-state index contributed by atoms with van der Waals surface area (Å²) in [6, 6.07) is 7.51. The Hall–Kier alpha value is -1.76. The van der Waals surface area contributed by atoms with Crippen molar-refractivity contribution in [3.05, 3.63) is 46.7 Å². The average molecular weight is 357 g/mol. The maximum atomic E-state index is 12.7. The van der Waals surface area contributed by atoms with E-state index in [1.165, 1.54) is 10.9 Å². The molecule has 2 aromatic rings. The zero-order valence-electron chi connectivity index (χ0n) is 12.6. The van der Waals surface area contributed by atoms with E-state index in [2.05, 4.69) is 5.10 Å². The van der Waals surface area contributed by atoms with Gasteiger partial charge in [-0.2, -0.15) is 5.10 Å². The number of benzene rings is 1. The topological polar surface area (TPSA) is 73.4 Å². The predicted octanol–water partition coefficient (Wildman–Crippen LogP) is 2.29. The zero-order valence-corrected chi connectivity index (χ0v) is 14.2. The molecule has 1 fully saturated rings. The third-order valence-electron chi connectivity index (χ3n) is 3.78. The van der Waals surface area contributed by atoms with Crippen LogP contribution in [0.25, 0.3) is 0 Å². The highest BCUT2D eigenvalue weighted by Crippen LogP contribution is 2.29. The molecule has 8 heteroatoms. The molecule has 23 heavy (non-hydrogen) atoms. The van der Waals surface area contributed by atoms with Crippen molar-refractivity contribution in [1.29, 1.82) is 0 Å². The molecule has 0 saturated carbocycles. The van der Waals surface area contributed by atoms with E-state index in [0.717, 1.165) is 5.56 Å². The molecule has 124 valence electrons. The lowest BCUT2D eigenvalue weighted by molar-refractivity contribution is -0.0230. The molecule has 2 N–H and O–H groups in total. The van der Waals surface area contributed by atoms with E-state index in [-0.39, 0.29) is 24.4 Å². The third-order valence-corrected chi connectivity index (χ3v) is 4.12. The largest absolute Gasteiger partial charge is 0.396 e. The van der Waals surface area contributed by atoms with Gasteiger partial charge in [-0.1, -0.05) is 29.8 Å². The molecule has 0 radical (unpaired) electrons. The van der Waals surface area contributed by atoms with E-state index >= 15 is 0 Å². The fraction of sp³-hybridized carbons (Fsp3) is 0.333. The van der Waals surface area contributed by atoms with Gasteiger partial charge in [0.1, 0.15) is 11.8 Å². The van der Waals surface area contributed by atoms with Crippen LogP contribution in [0.2, 0.25) is 5.02 Å². The van der Waals surface area contributed by atoms with Crippen molar-refractivity contribution in [2.24, 2.45) is 7.05 Å². The Bertz CT molecular complexity index is 685. The molecule has 1 atom stereocenters. The number of carbonyl (C=O) groups excluding carboxylic acids is 1. The van der Waals surface area contributed by atoms with E-state index in [1.807, 2.05) is 24.3 Å². The normalized spacial score (nSPS) is 17.7. The lowest BCUT2D eigenvalue weighted by Gasteiger charge is -2.33. The fourth-order valence-electron chi connectivity index (χ4n) is 2.62. The van der Waals surface area contributed by atoms with Gasteiger partial charge in [0.15, 0.2) is 0 Å². The Balaban J connectivity index is 0.00000192. The Morgan fingerprint density at radius 1 is 1.43 bits per heavy atom. The summed E-state index contributed by atoms with van der Waals surface area (Å²) >= 11 is 6.22. The summed E-state index contributed by atoms with van der Waals surface area (Å²) in [6.07, 6.45) is 1.25. The van der Waals surface area contributed by atoms with Crippen molar-refractivity contribution in [1.82, 2.24) is 14.7 Å². The smallest absolute Gasteiger partial charge is 0.274 e. The second kappa shape index (κ2) is 7.21. The van der Waals surface area contributed by atoms with Gasteiger partial charge >= 0.3 is 0 Å². The molecule has 1 aromatic heterocycles. The molecule has 6 nitrogen and oxygen atoms in total. The number of morpholine rings is 1. The van der Waals surface area contributed by atoms with E-state index in [4.69, 9.17) is 22.1 Å². The van der Waals surface area contributed by atoms with Gasteiger partial charge in [-0.25, -0.2) is 0 Å². The van der Waals surface area contributed by atoms with Crippen molar-refractivity contribution in [3.8, 4) is 0 Å². The number of anilines is 1. The van der Waals surface area contributed by atoms with Crippen LogP contribution in [0, 0.1) is 0 Å². The van der Waals surface area contributed by atoms with Gasteiger partial charge in [-0.05, 0) is 6.07 Å². The molecule has 1 saturated heterocycles. The number of aryl methyl sites for hydroxylation is 1. The van der Waals surface area contributed by atoms with Crippen LogP contribution in [0.1, 0.15) is 22.2 Å². The first kappa shape index (κ1) is 17.6. The van der Waals surface area contributed by atoms with Crippen LogP contribution in [-0.2, 0) is 11.8 Å². The van der Waals surface area contributed by atoms with Crippen LogP contribution in [-0.4, -0.2) is 40.3 Å². The van der Waals surface area contributed by atoms with Crippen molar-refractivity contribution >= 4 is 35.6 Å². The van der Waals surface area contributed by atoms with Gasteiger partial charge in [0.2, 0.25) is 0 Å². The summed E-state index contributed by atoms with van der Waals surface area (Å²) in [4.78, 5) is 14.4. The molecule has 1 unspecified atom stereocenters. The monoisotopic (exact) mass is 356 g/mol. The van der Waals surface area contributed by atoms with Crippen LogP contribution in [0.5, 0.6) is 0 Å². The van der Waals surface area contributed by atoms with Crippen LogP contribution < -0.4 is 5.73 Å². The van der Waals surface area contributed by atoms with Crippen molar-refractivity contribution in [3.63, 3.8) is 0 Å². The number of amides is 1. The number of carbonyl (C=O) groups is 1. The van der Waals surface area contributed by atoms with Gasteiger partial charge in [0, 0.05) is 24.2 Å². The first-order chi connectivity index (χ1) is 10.6. The third kappa shape index (κ3) is 3.44. The second-order valence-corrected chi connectivity index (χ2v) is 5.61. The van der Waals surface area contributed by atoms with Gasteiger partial charge < -0.3 is 15.4 Å². The Morgan fingerprint density at radius 3 is 2.83 bits per heavy atom. The summed E-state index contributed by atoms with van der Waals surface area (Å²) in [7, 11) is 1.70. The second-order valence-electron chi connectivity index (χ2n) is 5.20. The first-order valence-corrected chi connectivity index (χ1v) is 7.38. The highest BCUT2D eigenvalue weighted by molar-refractivity contribution is 6.31. The lowest BCUT2D eigenvalue weighted by atomic mass is 10.1. The Labute approximate surface area is 145 Å². The molecule has 3 rings (SSSR count). The molecule has 1 amide bonds. The molecule has 0 spiro atoms. The summed E-state index contributed by atoms with van der Waals surface area (Å²) in [6.45, 7) is 1.41. The first-order valence-electron chi connectivity index (χ1n) is 7.00. The molecule has 0 bridgehead atoms. The zero-order chi connectivity index (χ0) is 15.7. The number of rotatable bonds is 2. The van der Waals surface area contributed by atoms with E-state index in [9.17, 15) is 4.79 Å².